The van der Waals surface area contributed by atoms with Crippen LogP contribution in [0.25, 0.3) is 11.0 Å². The van der Waals surface area contributed by atoms with Crippen molar-refractivity contribution in [3.05, 3.63) is 53.0 Å². The van der Waals surface area contributed by atoms with Gasteiger partial charge >= 0.3 is 5.69 Å². The number of fused-ring (bicyclic) bond motifs is 1. The predicted molar refractivity (Wildman–Crippen MR) is 84.7 cm³/mol. The minimum atomic E-state index is -0.0421. The van der Waals surface area contributed by atoms with Gasteiger partial charge in [0.15, 0.2) is 0 Å². The molecule has 0 unspecified atom stereocenters. The van der Waals surface area contributed by atoms with Gasteiger partial charge in [-0.1, -0.05) is 12.1 Å². The number of para-hydroxylation sites is 2. The van der Waals surface area contributed by atoms with E-state index in [2.05, 4.69) is 20.9 Å². The van der Waals surface area contributed by atoms with Crippen molar-refractivity contribution in [2.45, 2.75) is 25.4 Å². The third-order valence-corrected chi connectivity index (χ3v) is 4.44. The van der Waals surface area contributed by atoms with Crippen LogP contribution in [0.3, 0.4) is 0 Å². The molecule has 0 bridgehead atoms. The molecule has 1 aliphatic rings. The smallest absolute Gasteiger partial charge is 0.325 e. The van der Waals surface area contributed by atoms with Crippen molar-refractivity contribution in [2.75, 3.05) is 13.1 Å². The van der Waals surface area contributed by atoms with Crippen molar-refractivity contribution >= 4 is 11.0 Å². The molecule has 1 fully saturated rings. The first-order chi connectivity index (χ1) is 10.8. The first-order valence-corrected chi connectivity index (χ1v) is 7.74. The maximum atomic E-state index is 11.6. The third-order valence-electron chi connectivity index (χ3n) is 4.44. The second kappa shape index (κ2) is 5.46. The molecule has 6 nitrogen and oxygen atoms in total. The Morgan fingerprint density at radius 2 is 2.18 bits per heavy atom. The number of nitrogens with one attached hydrogen (secondary N) is 2. The highest BCUT2D eigenvalue weighted by molar-refractivity contribution is 5.74. The van der Waals surface area contributed by atoms with E-state index in [1.165, 1.54) is 6.42 Å². The lowest BCUT2D eigenvalue weighted by Crippen LogP contribution is -2.30. The molecular weight excluding hydrogens is 278 g/mol. The van der Waals surface area contributed by atoms with E-state index in [4.69, 9.17) is 4.98 Å². The van der Waals surface area contributed by atoms with Gasteiger partial charge in [0.2, 0.25) is 0 Å². The largest absolute Gasteiger partial charge is 0.341 e. The summed E-state index contributed by atoms with van der Waals surface area (Å²) in [6.07, 6.45) is 5.77. The molecule has 114 valence electrons. The van der Waals surface area contributed by atoms with Crippen molar-refractivity contribution < 1.29 is 0 Å². The van der Waals surface area contributed by atoms with Crippen LogP contribution >= 0.6 is 0 Å². The van der Waals surface area contributed by atoms with E-state index < -0.39 is 0 Å². The molecule has 1 aliphatic heterocycles. The topological polar surface area (TPSA) is 69.7 Å². The zero-order valence-corrected chi connectivity index (χ0v) is 12.3. The van der Waals surface area contributed by atoms with Gasteiger partial charge in [0.1, 0.15) is 5.82 Å². The minimum Gasteiger partial charge on any atom is -0.341 e. The molecule has 2 aromatic heterocycles. The first kappa shape index (κ1) is 13.3. The van der Waals surface area contributed by atoms with Crippen LogP contribution in [0.1, 0.15) is 24.7 Å². The summed E-state index contributed by atoms with van der Waals surface area (Å²) in [4.78, 5) is 24.8. The Morgan fingerprint density at radius 1 is 1.27 bits per heavy atom. The van der Waals surface area contributed by atoms with Gasteiger partial charge in [-0.3, -0.25) is 9.47 Å². The number of H-pyrrole nitrogens is 2. The van der Waals surface area contributed by atoms with Crippen LogP contribution in [0.5, 0.6) is 0 Å². The number of imidazole rings is 2. The Bertz CT molecular complexity index is 797. The molecule has 6 heteroatoms. The molecule has 1 atom stereocenters. The molecule has 3 aromatic rings. The number of likely N-dealkylation sites (tertiary alicyclic amines) is 1. The number of hydrogen-bond donors (Lipinski definition) is 2. The number of benzene rings is 1. The molecule has 0 spiro atoms. The summed E-state index contributed by atoms with van der Waals surface area (Å²) in [6.45, 7) is 2.62. The first-order valence-electron chi connectivity index (χ1n) is 7.74. The fraction of sp³-hybridized carbons (Fsp3) is 0.375. The fourth-order valence-electron chi connectivity index (χ4n) is 3.30. The number of aromatic nitrogens is 4. The summed E-state index contributed by atoms with van der Waals surface area (Å²) in [7, 11) is 0. The SMILES string of the molecule is O=c1[nH]ccn1CCN1CCC[C@@H]1c1nc2ccccc2[nH]1. The van der Waals surface area contributed by atoms with Crippen LogP contribution in [0.2, 0.25) is 0 Å². The molecule has 0 amide bonds. The lowest BCUT2D eigenvalue weighted by Gasteiger charge is -2.22. The summed E-state index contributed by atoms with van der Waals surface area (Å²) < 4.78 is 1.72. The molecule has 2 N–H and O–H groups in total. The molecular formula is C16H19N5O. The standard InChI is InChI=1S/C16H19N5O/c22-16-17-7-9-21(16)11-10-20-8-3-6-14(20)15-18-12-4-1-2-5-13(12)19-15/h1-2,4-5,7,9,14H,3,6,8,10-11H2,(H,17,22)(H,18,19)/t14-/m1/s1. The Kier molecular flexibility index (Phi) is 3.31. The molecule has 4 rings (SSSR count). The maximum Gasteiger partial charge on any atom is 0.325 e. The van der Waals surface area contributed by atoms with Gasteiger partial charge in [-0.25, -0.2) is 9.78 Å². The van der Waals surface area contributed by atoms with Crippen molar-refractivity contribution in [1.82, 2.24) is 24.4 Å². The number of hydrogen-bond acceptors (Lipinski definition) is 3. The number of rotatable bonds is 4. The summed E-state index contributed by atoms with van der Waals surface area (Å²) >= 11 is 0. The Labute approximate surface area is 127 Å². The molecule has 1 saturated heterocycles. The van der Waals surface area contributed by atoms with Crippen LogP contribution in [-0.4, -0.2) is 37.5 Å². The van der Waals surface area contributed by atoms with E-state index in [0.29, 0.717) is 12.6 Å². The summed E-state index contributed by atoms with van der Waals surface area (Å²) in [6, 6.07) is 8.45. The van der Waals surface area contributed by atoms with Crippen LogP contribution in [0.15, 0.2) is 41.5 Å². The van der Waals surface area contributed by atoms with Crippen molar-refractivity contribution in [1.29, 1.82) is 0 Å². The molecule has 22 heavy (non-hydrogen) atoms. The van der Waals surface area contributed by atoms with Crippen LogP contribution in [-0.2, 0) is 6.54 Å². The summed E-state index contributed by atoms with van der Waals surface area (Å²) in [5, 5.41) is 0. The summed E-state index contributed by atoms with van der Waals surface area (Å²) in [5.41, 5.74) is 2.07. The highest BCUT2D eigenvalue weighted by atomic mass is 16.1. The van der Waals surface area contributed by atoms with Gasteiger partial charge in [-0.05, 0) is 31.5 Å². The van der Waals surface area contributed by atoms with Crippen molar-refractivity contribution in [2.24, 2.45) is 0 Å². The molecule has 1 aromatic carbocycles. The van der Waals surface area contributed by atoms with Gasteiger partial charge in [-0.2, -0.15) is 0 Å². The van der Waals surface area contributed by atoms with Gasteiger partial charge in [-0.15, -0.1) is 0 Å². The third kappa shape index (κ3) is 2.35. The Morgan fingerprint density at radius 3 is 3.00 bits per heavy atom. The number of aromatic amines is 2. The molecule has 0 aliphatic carbocycles. The van der Waals surface area contributed by atoms with Crippen molar-refractivity contribution in [3.63, 3.8) is 0 Å². The highest BCUT2D eigenvalue weighted by Crippen LogP contribution is 2.30. The van der Waals surface area contributed by atoms with E-state index in [0.717, 1.165) is 36.4 Å². The van der Waals surface area contributed by atoms with E-state index in [1.54, 1.807) is 17.0 Å². The fourth-order valence-corrected chi connectivity index (χ4v) is 3.30. The molecule has 0 radical (unpaired) electrons. The van der Waals surface area contributed by atoms with Crippen LogP contribution in [0, 0.1) is 0 Å². The normalized spacial score (nSPS) is 19.2. The van der Waals surface area contributed by atoms with E-state index in [9.17, 15) is 4.79 Å². The van der Waals surface area contributed by atoms with E-state index >= 15 is 0 Å². The Hall–Kier alpha value is -2.34. The van der Waals surface area contributed by atoms with Gasteiger partial charge in [0.25, 0.3) is 0 Å². The number of nitrogens with zero attached hydrogens (tertiary/aromatic N) is 3. The van der Waals surface area contributed by atoms with Crippen molar-refractivity contribution in [3.8, 4) is 0 Å². The lowest BCUT2D eigenvalue weighted by atomic mass is 10.2. The average Bonchev–Trinajstić information content (AvgIpc) is 3.23. The van der Waals surface area contributed by atoms with Crippen LogP contribution < -0.4 is 5.69 Å². The zero-order valence-electron chi connectivity index (χ0n) is 12.3. The maximum absolute atomic E-state index is 11.6. The zero-order chi connectivity index (χ0) is 14.9. The predicted octanol–water partition coefficient (Wildman–Crippen LogP) is 1.89. The van der Waals surface area contributed by atoms with E-state index in [1.807, 2.05) is 18.2 Å². The second-order valence-electron chi connectivity index (χ2n) is 5.79. The van der Waals surface area contributed by atoms with E-state index in [-0.39, 0.29) is 5.69 Å². The van der Waals surface area contributed by atoms with Gasteiger partial charge < -0.3 is 9.97 Å². The Balaban J connectivity index is 1.53. The lowest BCUT2D eigenvalue weighted by molar-refractivity contribution is 0.239. The summed E-state index contributed by atoms with van der Waals surface area (Å²) in [5.74, 6) is 1.04. The quantitative estimate of drug-likeness (QED) is 0.772. The monoisotopic (exact) mass is 297 g/mol. The van der Waals surface area contributed by atoms with Gasteiger partial charge in [0.05, 0.1) is 17.1 Å². The van der Waals surface area contributed by atoms with Gasteiger partial charge in [0, 0.05) is 25.5 Å². The average molecular weight is 297 g/mol. The molecule has 3 heterocycles. The second-order valence-corrected chi connectivity index (χ2v) is 5.79. The molecule has 0 saturated carbocycles. The minimum absolute atomic E-state index is 0.0421. The highest BCUT2D eigenvalue weighted by Gasteiger charge is 2.28. The van der Waals surface area contributed by atoms with Crippen LogP contribution in [0.4, 0.5) is 0 Å².